The molecule has 9 aromatic carbocycles. The van der Waals surface area contributed by atoms with Crippen LogP contribution < -0.4 is 4.90 Å². The van der Waals surface area contributed by atoms with E-state index in [2.05, 4.69) is 216 Å². The molecule has 11 aromatic rings. The van der Waals surface area contributed by atoms with Gasteiger partial charge < -0.3 is 13.9 Å². The van der Waals surface area contributed by atoms with Gasteiger partial charge in [-0.15, -0.1) is 0 Å². The predicted octanol–water partition coefficient (Wildman–Crippen LogP) is 15.2. The SMILES string of the molecule is c1ccc(-c2cc(-c3ccccc3)cc(N(c3ccccc3-c3ccc4oc5ccccc5c4c3)c3cccc4c3c3ccccc3n4-c3ccccc3)c2)cc1. The third-order valence-electron chi connectivity index (χ3n) is 11.2. The molecule has 0 saturated carbocycles. The van der Waals surface area contributed by atoms with Crippen molar-refractivity contribution in [3.05, 3.63) is 218 Å². The topological polar surface area (TPSA) is 21.3 Å². The zero-order chi connectivity index (χ0) is 37.7. The molecule has 0 unspecified atom stereocenters. The second-order valence-corrected chi connectivity index (χ2v) is 14.5. The number of anilines is 3. The number of hydrogen-bond acceptors (Lipinski definition) is 2. The van der Waals surface area contributed by atoms with Gasteiger partial charge in [0.15, 0.2) is 0 Å². The lowest BCUT2D eigenvalue weighted by Crippen LogP contribution is -2.12. The molecule has 0 radical (unpaired) electrons. The molecule has 0 aliphatic heterocycles. The number of hydrogen-bond donors (Lipinski definition) is 0. The average molecular weight is 729 g/mol. The van der Waals surface area contributed by atoms with Crippen molar-refractivity contribution in [2.24, 2.45) is 0 Å². The molecular formula is C54H36N2O. The summed E-state index contributed by atoms with van der Waals surface area (Å²) in [5.41, 5.74) is 15.4. The molecule has 11 rings (SSSR count). The molecule has 0 amide bonds. The zero-order valence-corrected chi connectivity index (χ0v) is 31.1. The summed E-state index contributed by atoms with van der Waals surface area (Å²) in [6, 6.07) is 78.4. The van der Waals surface area contributed by atoms with Crippen molar-refractivity contribution in [3.8, 4) is 39.1 Å². The Morgan fingerprint density at radius 3 is 1.68 bits per heavy atom. The molecule has 0 atom stereocenters. The van der Waals surface area contributed by atoms with Crippen LogP contribution in [0.5, 0.6) is 0 Å². The van der Waals surface area contributed by atoms with Crippen molar-refractivity contribution < 1.29 is 4.42 Å². The van der Waals surface area contributed by atoms with Crippen LogP contribution >= 0.6 is 0 Å². The standard InChI is InChI=1S/C54H36N2O/c1-4-17-37(18-5-1)40-33-41(38-19-6-2-7-20-38)35-43(34-40)56(48-26-13-10-23-44(48)39-31-32-53-47(36-39)45-24-12-15-30-52(45)57-53)51-29-16-28-50-54(51)46-25-11-14-27-49(46)55(50)42-21-8-3-9-22-42/h1-36H. The number of rotatable bonds is 7. The smallest absolute Gasteiger partial charge is 0.135 e. The van der Waals surface area contributed by atoms with Crippen molar-refractivity contribution in [2.75, 3.05) is 4.90 Å². The number of furan rings is 1. The molecule has 0 aliphatic carbocycles. The molecule has 2 aromatic heterocycles. The Balaban J connectivity index is 1.23. The van der Waals surface area contributed by atoms with Gasteiger partial charge in [-0.1, -0.05) is 146 Å². The summed E-state index contributed by atoms with van der Waals surface area (Å²) in [5, 5.41) is 4.61. The molecule has 0 fully saturated rings. The monoisotopic (exact) mass is 728 g/mol. The third kappa shape index (κ3) is 5.60. The first kappa shape index (κ1) is 32.8. The van der Waals surface area contributed by atoms with E-state index in [4.69, 9.17) is 4.42 Å². The number of nitrogens with zero attached hydrogens (tertiary/aromatic N) is 2. The fourth-order valence-electron chi connectivity index (χ4n) is 8.59. The number of fused-ring (bicyclic) bond motifs is 6. The summed E-state index contributed by atoms with van der Waals surface area (Å²) >= 11 is 0. The summed E-state index contributed by atoms with van der Waals surface area (Å²) < 4.78 is 8.68. The van der Waals surface area contributed by atoms with E-state index in [1.54, 1.807) is 0 Å². The maximum absolute atomic E-state index is 6.29. The fraction of sp³-hybridized carbons (Fsp3) is 0. The number of aromatic nitrogens is 1. The Labute approximate surface area is 330 Å². The van der Waals surface area contributed by atoms with Crippen molar-refractivity contribution in [1.29, 1.82) is 0 Å². The van der Waals surface area contributed by atoms with Crippen LogP contribution in [0.4, 0.5) is 17.1 Å². The van der Waals surface area contributed by atoms with E-state index in [1.165, 1.54) is 27.4 Å². The number of benzene rings is 9. The lowest BCUT2D eigenvalue weighted by molar-refractivity contribution is 0.669. The van der Waals surface area contributed by atoms with Crippen molar-refractivity contribution in [1.82, 2.24) is 4.57 Å². The van der Waals surface area contributed by atoms with Crippen LogP contribution in [0.1, 0.15) is 0 Å². The van der Waals surface area contributed by atoms with Crippen LogP contribution in [-0.4, -0.2) is 4.57 Å². The first-order valence-corrected chi connectivity index (χ1v) is 19.4. The minimum absolute atomic E-state index is 0.885. The minimum atomic E-state index is 0.885. The lowest BCUT2D eigenvalue weighted by atomic mass is 9.95. The fourth-order valence-corrected chi connectivity index (χ4v) is 8.59. The molecule has 2 heterocycles. The van der Waals surface area contributed by atoms with Crippen LogP contribution in [-0.2, 0) is 0 Å². The third-order valence-corrected chi connectivity index (χ3v) is 11.2. The van der Waals surface area contributed by atoms with E-state index < -0.39 is 0 Å². The van der Waals surface area contributed by atoms with Gasteiger partial charge in [-0.2, -0.15) is 0 Å². The second kappa shape index (κ2) is 13.6. The van der Waals surface area contributed by atoms with Crippen LogP contribution in [0.25, 0.3) is 82.8 Å². The van der Waals surface area contributed by atoms with Gasteiger partial charge in [0.2, 0.25) is 0 Å². The van der Waals surface area contributed by atoms with Gasteiger partial charge in [0.25, 0.3) is 0 Å². The molecule has 0 saturated heterocycles. The van der Waals surface area contributed by atoms with E-state index in [1.807, 2.05) is 12.1 Å². The van der Waals surface area contributed by atoms with Gasteiger partial charge >= 0.3 is 0 Å². The van der Waals surface area contributed by atoms with Gasteiger partial charge in [0.05, 0.1) is 22.4 Å². The Hall–Kier alpha value is -7.62. The van der Waals surface area contributed by atoms with Gasteiger partial charge in [-0.25, -0.2) is 0 Å². The van der Waals surface area contributed by atoms with Crippen molar-refractivity contribution in [2.45, 2.75) is 0 Å². The summed E-state index contributed by atoms with van der Waals surface area (Å²) in [6.07, 6.45) is 0. The molecule has 3 heteroatoms. The van der Waals surface area contributed by atoms with Crippen molar-refractivity contribution in [3.63, 3.8) is 0 Å². The van der Waals surface area contributed by atoms with Crippen LogP contribution in [0.15, 0.2) is 223 Å². The van der Waals surface area contributed by atoms with E-state index in [9.17, 15) is 0 Å². The van der Waals surface area contributed by atoms with Gasteiger partial charge in [-0.05, 0) is 101 Å². The maximum atomic E-state index is 6.29. The number of para-hydroxylation sites is 4. The first-order chi connectivity index (χ1) is 28.3. The van der Waals surface area contributed by atoms with Gasteiger partial charge in [0, 0.05) is 38.5 Å². The highest BCUT2D eigenvalue weighted by Crippen LogP contribution is 2.48. The predicted molar refractivity (Wildman–Crippen MR) is 239 cm³/mol. The largest absolute Gasteiger partial charge is 0.456 e. The average Bonchev–Trinajstić information content (AvgIpc) is 3.83. The van der Waals surface area contributed by atoms with E-state index in [-0.39, 0.29) is 0 Å². The van der Waals surface area contributed by atoms with Crippen LogP contribution in [0.2, 0.25) is 0 Å². The maximum Gasteiger partial charge on any atom is 0.135 e. The molecular weight excluding hydrogens is 693 g/mol. The molecule has 3 nitrogen and oxygen atoms in total. The summed E-state index contributed by atoms with van der Waals surface area (Å²) in [7, 11) is 0. The summed E-state index contributed by atoms with van der Waals surface area (Å²) in [4.78, 5) is 2.48. The van der Waals surface area contributed by atoms with Crippen molar-refractivity contribution >= 4 is 60.8 Å². The van der Waals surface area contributed by atoms with Crippen LogP contribution in [0.3, 0.4) is 0 Å². The highest BCUT2D eigenvalue weighted by molar-refractivity contribution is 6.17. The summed E-state index contributed by atoms with van der Waals surface area (Å²) in [6.45, 7) is 0. The van der Waals surface area contributed by atoms with Gasteiger partial charge in [0.1, 0.15) is 11.2 Å². The quantitative estimate of drug-likeness (QED) is 0.163. The zero-order valence-electron chi connectivity index (χ0n) is 31.1. The minimum Gasteiger partial charge on any atom is -0.456 e. The molecule has 0 N–H and O–H groups in total. The molecule has 268 valence electrons. The Morgan fingerprint density at radius 1 is 0.351 bits per heavy atom. The first-order valence-electron chi connectivity index (χ1n) is 19.4. The lowest BCUT2D eigenvalue weighted by Gasteiger charge is -2.30. The Kier molecular flexibility index (Phi) is 7.82. The molecule has 0 aliphatic rings. The Morgan fingerprint density at radius 2 is 0.930 bits per heavy atom. The highest BCUT2D eigenvalue weighted by atomic mass is 16.3. The molecule has 0 spiro atoms. The summed E-state index contributed by atoms with van der Waals surface area (Å²) in [5.74, 6) is 0. The van der Waals surface area contributed by atoms with Crippen LogP contribution in [0, 0.1) is 0 Å². The van der Waals surface area contributed by atoms with E-state index in [0.717, 1.165) is 72.5 Å². The van der Waals surface area contributed by atoms with Gasteiger partial charge in [-0.3, -0.25) is 0 Å². The van der Waals surface area contributed by atoms with E-state index >= 15 is 0 Å². The Bertz CT molecular complexity index is 3180. The highest BCUT2D eigenvalue weighted by Gasteiger charge is 2.24. The molecule has 57 heavy (non-hydrogen) atoms. The normalized spacial score (nSPS) is 11.5. The molecule has 0 bridgehead atoms. The van der Waals surface area contributed by atoms with E-state index in [0.29, 0.717) is 0 Å². The second-order valence-electron chi connectivity index (χ2n) is 14.5.